The molecule has 0 atom stereocenters. The molecule has 2 aromatic carbocycles. The van der Waals surface area contributed by atoms with Gasteiger partial charge in [0.1, 0.15) is 0 Å². The number of carbonyl (C=O) groups is 1. The van der Waals surface area contributed by atoms with Crippen LogP contribution in [0.2, 0.25) is 0 Å². The summed E-state index contributed by atoms with van der Waals surface area (Å²) in [5.41, 5.74) is 4.81. The van der Waals surface area contributed by atoms with E-state index in [9.17, 15) is 4.79 Å². The monoisotopic (exact) mass is 408 g/mol. The van der Waals surface area contributed by atoms with Crippen molar-refractivity contribution < 1.29 is 14.3 Å². The van der Waals surface area contributed by atoms with Gasteiger partial charge in [-0.1, -0.05) is 18.2 Å². The predicted octanol–water partition coefficient (Wildman–Crippen LogP) is 4.46. The van der Waals surface area contributed by atoms with Gasteiger partial charge in [-0.2, -0.15) is 0 Å². The fraction of sp³-hybridized carbons (Fsp3) is 0.400. The number of carbonyl (C=O) groups excluding carboxylic acids is 1. The van der Waals surface area contributed by atoms with Crippen molar-refractivity contribution in [3.05, 3.63) is 59.2 Å². The quantitative estimate of drug-likeness (QED) is 0.634. The van der Waals surface area contributed by atoms with Gasteiger partial charge >= 0.3 is 0 Å². The lowest BCUT2D eigenvalue weighted by molar-refractivity contribution is -0.126. The molecular formula is C25H32N2O3. The molecule has 1 fully saturated rings. The van der Waals surface area contributed by atoms with Crippen molar-refractivity contribution in [2.45, 2.75) is 27.7 Å². The second-order valence-electron chi connectivity index (χ2n) is 7.44. The van der Waals surface area contributed by atoms with Crippen LogP contribution in [0.25, 0.3) is 6.08 Å². The normalized spacial score (nSPS) is 14.3. The smallest absolute Gasteiger partial charge is 0.246 e. The number of nitrogens with zero attached hydrogens (tertiary/aromatic N) is 2. The van der Waals surface area contributed by atoms with E-state index >= 15 is 0 Å². The molecule has 0 spiro atoms. The SMILES string of the molecule is CCOc1ccc(C=CC(=O)N2CCN(c3cccc(C)c3C)CC2)cc1OCC. The zero-order valence-corrected chi connectivity index (χ0v) is 18.5. The maximum atomic E-state index is 12.7. The first-order chi connectivity index (χ1) is 14.5. The first-order valence-corrected chi connectivity index (χ1v) is 10.7. The molecule has 1 saturated heterocycles. The van der Waals surface area contributed by atoms with Crippen LogP contribution in [0.4, 0.5) is 5.69 Å². The standard InChI is InChI=1S/C25H32N2O3/c1-5-29-23-12-10-21(18-24(23)30-6-2)11-13-25(28)27-16-14-26(15-17-27)22-9-7-8-19(3)20(22)4/h7-13,18H,5-6,14-17H2,1-4H3. The van der Waals surface area contributed by atoms with Gasteiger partial charge in [0.2, 0.25) is 5.91 Å². The van der Waals surface area contributed by atoms with E-state index in [1.807, 2.05) is 43.0 Å². The van der Waals surface area contributed by atoms with Crippen LogP contribution in [0.5, 0.6) is 11.5 Å². The minimum atomic E-state index is 0.0439. The van der Waals surface area contributed by atoms with E-state index in [0.29, 0.717) is 19.0 Å². The van der Waals surface area contributed by atoms with E-state index in [4.69, 9.17) is 9.47 Å². The number of anilines is 1. The van der Waals surface area contributed by atoms with Gasteiger partial charge in [0.25, 0.3) is 0 Å². The summed E-state index contributed by atoms with van der Waals surface area (Å²) >= 11 is 0. The van der Waals surface area contributed by atoms with Crippen LogP contribution in [0, 0.1) is 13.8 Å². The molecule has 1 aliphatic heterocycles. The molecule has 30 heavy (non-hydrogen) atoms. The molecule has 0 aliphatic carbocycles. The molecule has 3 rings (SSSR count). The van der Waals surface area contributed by atoms with Crippen molar-refractivity contribution in [3.63, 3.8) is 0 Å². The average molecular weight is 409 g/mol. The predicted molar refractivity (Wildman–Crippen MR) is 123 cm³/mol. The molecule has 1 amide bonds. The third-order valence-corrected chi connectivity index (χ3v) is 5.49. The molecule has 0 N–H and O–H groups in total. The van der Waals surface area contributed by atoms with Gasteiger partial charge in [0.05, 0.1) is 13.2 Å². The maximum Gasteiger partial charge on any atom is 0.246 e. The summed E-state index contributed by atoms with van der Waals surface area (Å²) in [6.07, 6.45) is 3.50. The highest BCUT2D eigenvalue weighted by Crippen LogP contribution is 2.29. The summed E-state index contributed by atoms with van der Waals surface area (Å²) < 4.78 is 11.3. The fourth-order valence-corrected chi connectivity index (χ4v) is 3.69. The molecule has 0 saturated carbocycles. The Bertz CT molecular complexity index is 899. The molecule has 160 valence electrons. The van der Waals surface area contributed by atoms with Gasteiger partial charge in [-0.3, -0.25) is 4.79 Å². The number of benzene rings is 2. The lowest BCUT2D eigenvalue weighted by Crippen LogP contribution is -2.48. The Morgan fingerprint density at radius 3 is 2.37 bits per heavy atom. The van der Waals surface area contributed by atoms with Crippen molar-refractivity contribution in [2.24, 2.45) is 0 Å². The zero-order valence-electron chi connectivity index (χ0n) is 18.5. The zero-order chi connectivity index (χ0) is 21.5. The van der Waals surface area contributed by atoms with Crippen LogP contribution in [-0.2, 0) is 4.79 Å². The fourth-order valence-electron chi connectivity index (χ4n) is 3.69. The summed E-state index contributed by atoms with van der Waals surface area (Å²) in [7, 11) is 0. The minimum Gasteiger partial charge on any atom is -0.490 e. The van der Waals surface area contributed by atoms with Gasteiger partial charge < -0.3 is 19.3 Å². The van der Waals surface area contributed by atoms with Crippen LogP contribution in [0.3, 0.4) is 0 Å². The van der Waals surface area contributed by atoms with Crippen molar-refractivity contribution in [3.8, 4) is 11.5 Å². The molecule has 5 heteroatoms. The highest BCUT2D eigenvalue weighted by Gasteiger charge is 2.21. The summed E-state index contributed by atoms with van der Waals surface area (Å²) in [5, 5.41) is 0. The molecule has 0 unspecified atom stereocenters. The third-order valence-electron chi connectivity index (χ3n) is 5.49. The Morgan fingerprint density at radius 1 is 0.967 bits per heavy atom. The van der Waals surface area contributed by atoms with Gasteiger partial charge in [-0.25, -0.2) is 0 Å². The number of hydrogen-bond donors (Lipinski definition) is 0. The average Bonchev–Trinajstić information content (AvgIpc) is 2.76. The van der Waals surface area contributed by atoms with E-state index in [0.717, 1.165) is 37.5 Å². The maximum absolute atomic E-state index is 12.7. The first-order valence-electron chi connectivity index (χ1n) is 10.7. The summed E-state index contributed by atoms with van der Waals surface area (Å²) in [5.74, 6) is 1.48. The molecule has 5 nitrogen and oxygen atoms in total. The highest BCUT2D eigenvalue weighted by molar-refractivity contribution is 5.92. The minimum absolute atomic E-state index is 0.0439. The Labute approximate surface area is 179 Å². The second-order valence-corrected chi connectivity index (χ2v) is 7.44. The summed E-state index contributed by atoms with van der Waals surface area (Å²) in [4.78, 5) is 17.0. The number of aryl methyl sites for hydroxylation is 1. The Kier molecular flexibility index (Phi) is 7.39. The van der Waals surface area contributed by atoms with Crippen molar-refractivity contribution >= 4 is 17.7 Å². The molecule has 0 radical (unpaired) electrons. The highest BCUT2D eigenvalue weighted by atomic mass is 16.5. The summed E-state index contributed by atoms with van der Waals surface area (Å²) in [6, 6.07) is 12.2. The molecule has 1 heterocycles. The van der Waals surface area contributed by atoms with E-state index in [1.165, 1.54) is 16.8 Å². The number of rotatable bonds is 7. The van der Waals surface area contributed by atoms with Crippen LogP contribution >= 0.6 is 0 Å². The third kappa shape index (κ3) is 5.15. The van der Waals surface area contributed by atoms with Gasteiger partial charge in [0.15, 0.2) is 11.5 Å². The van der Waals surface area contributed by atoms with E-state index in [1.54, 1.807) is 6.08 Å². The van der Waals surface area contributed by atoms with Gasteiger partial charge in [0, 0.05) is 37.9 Å². The van der Waals surface area contributed by atoms with E-state index < -0.39 is 0 Å². The van der Waals surface area contributed by atoms with Crippen LogP contribution in [0.1, 0.15) is 30.5 Å². The van der Waals surface area contributed by atoms with E-state index in [-0.39, 0.29) is 5.91 Å². The van der Waals surface area contributed by atoms with Gasteiger partial charge in [-0.05, 0) is 68.7 Å². The number of ether oxygens (including phenoxy) is 2. The van der Waals surface area contributed by atoms with Gasteiger partial charge in [-0.15, -0.1) is 0 Å². The largest absolute Gasteiger partial charge is 0.490 e. The molecule has 0 bridgehead atoms. The molecular weight excluding hydrogens is 376 g/mol. The molecule has 2 aromatic rings. The molecule has 1 aliphatic rings. The molecule has 0 aromatic heterocycles. The number of amides is 1. The lowest BCUT2D eigenvalue weighted by atomic mass is 10.1. The number of hydrogen-bond acceptors (Lipinski definition) is 4. The topological polar surface area (TPSA) is 42.0 Å². The van der Waals surface area contributed by atoms with Crippen molar-refractivity contribution in [1.82, 2.24) is 4.90 Å². The Balaban J connectivity index is 1.61. The van der Waals surface area contributed by atoms with Crippen molar-refractivity contribution in [1.29, 1.82) is 0 Å². The second kappa shape index (κ2) is 10.2. The Hall–Kier alpha value is -2.95. The summed E-state index contributed by atoms with van der Waals surface area (Å²) in [6.45, 7) is 12.5. The van der Waals surface area contributed by atoms with Crippen LogP contribution in [0.15, 0.2) is 42.5 Å². The van der Waals surface area contributed by atoms with Crippen LogP contribution in [-0.4, -0.2) is 50.2 Å². The first kappa shape index (κ1) is 21.8. The van der Waals surface area contributed by atoms with E-state index in [2.05, 4.69) is 36.9 Å². The van der Waals surface area contributed by atoms with Crippen molar-refractivity contribution in [2.75, 3.05) is 44.3 Å². The lowest BCUT2D eigenvalue weighted by Gasteiger charge is -2.36. The number of piperazine rings is 1. The van der Waals surface area contributed by atoms with Crippen LogP contribution < -0.4 is 14.4 Å². The Morgan fingerprint density at radius 2 is 1.67 bits per heavy atom.